The minimum atomic E-state index is -4.84. The number of pyridine rings is 1. The third kappa shape index (κ3) is 7.33. The molecule has 13 nitrogen and oxygen atoms in total. The lowest BCUT2D eigenvalue weighted by Gasteiger charge is -2.26. The van der Waals surface area contributed by atoms with E-state index in [2.05, 4.69) is 15.4 Å². The van der Waals surface area contributed by atoms with E-state index in [-0.39, 0.29) is 16.8 Å². The predicted octanol–water partition coefficient (Wildman–Crippen LogP) is 2.46. The van der Waals surface area contributed by atoms with Gasteiger partial charge in [0, 0.05) is 13.2 Å². The smallest absolute Gasteiger partial charge is 0.340 e. The van der Waals surface area contributed by atoms with Crippen molar-refractivity contribution < 1.29 is 43.3 Å². The van der Waals surface area contributed by atoms with Crippen LogP contribution in [0.1, 0.15) is 24.8 Å². The summed E-state index contributed by atoms with van der Waals surface area (Å²) in [7, 11) is -8.38. The van der Waals surface area contributed by atoms with E-state index in [9.17, 15) is 24.2 Å². The van der Waals surface area contributed by atoms with E-state index in [4.69, 9.17) is 30.6 Å². The number of ether oxygens (including phenoxy) is 1. The van der Waals surface area contributed by atoms with E-state index in [1.807, 2.05) is 37.3 Å². The van der Waals surface area contributed by atoms with Crippen LogP contribution in [0.15, 0.2) is 42.6 Å². The van der Waals surface area contributed by atoms with Crippen molar-refractivity contribution in [3.63, 3.8) is 0 Å². The molecule has 0 aliphatic rings. The lowest BCUT2D eigenvalue weighted by atomic mass is 10.1. The van der Waals surface area contributed by atoms with Crippen LogP contribution in [0.2, 0.25) is 5.15 Å². The summed E-state index contributed by atoms with van der Waals surface area (Å²) in [4.78, 5) is 31.7. The van der Waals surface area contributed by atoms with Crippen molar-refractivity contribution in [1.29, 1.82) is 0 Å². The van der Waals surface area contributed by atoms with Crippen LogP contribution in [0.4, 0.5) is 5.69 Å². The molecule has 0 fully saturated rings. The van der Waals surface area contributed by atoms with E-state index < -0.39 is 46.1 Å². The Morgan fingerprint density at radius 1 is 1.17 bits per heavy atom. The van der Waals surface area contributed by atoms with Gasteiger partial charge in [-0.2, -0.15) is 5.10 Å². The zero-order valence-corrected chi connectivity index (χ0v) is 21.8. The van der Waals surface area contributed by atoms with E-state index in [1.54, 1.807) is 6.07 Å². The molecule has 0 bridgehead atoms. The van der Waals surface area contributed by atoms with Gasteiger partial charge in [0.2, 0.25) is 0 Å². The van der Waals surface area contributed by atoms with Gasteiger partial charge in [0.25, 0.3) is 0 Å². The standard InChI is InChI=1S/C20H27ClN4O9P2/c1-12(13-6-4-3-5-7-13)23-15-8-17(21)24-19-14(15)9-22-25(19)20(27)18(26)16(33-2)10-34-36(31,32)11-35(28,29)30/h3-9,12,16,18,20,26-27H,10-11H2,1-2H3,(H,23,24)(H,31,32)(H2,28,29,30)/t12-,16-,18-,20-/m1/s1. The lowest BCUT2D eigenvalue weighted by Crippen LogP contribution is -2.39. The monoisotopic (exact) mass is 564 g/mol. The number of hydrogen-bond acceptors (Lipinski definition) is 9. The zero-order valence-electron chi connectivity index (χ0n) is 19.2. The molecule has 1 aromatic carbocycles. The fourth-order valence-electron chi connectivity index (χ4n) is 3.47. The van der Waals surface area contributed by atoms with Crippen LogP contribution in [0, 0.1) is 0 Å². The molecule has 0 radical (unpaired) electrons. The third-order valence-corrected chi connectivity index (χ3v) is 8.90. The molecule has 2 aromatic heterocycles. The summed E-state index contributed by atoms with van der Waals surface area (Å²) in [6.07, 6.45) is -3.43. The van der Waals surface area contributed by atoms with Crippen LogP contribution in [0.3, 0.4) is 0 Å². The van der Waals surface area contributed by atoms with Gasteiger partial charge in [-0.15, -0.1) is 0 Å². The first kappa shape index (κ1) is 28.7. The number of benzene rings is 1. The molecule has 2 heterocycles. The molecule has 16 heteroatoms. The molecule has 0 amide bonds. The van der Waals surface area contributed by atoms with Crippen LogP contribution in [-0.4, -0.2) is 71.5 Å². The number of aromatic nitrogens is 3. The number of methoxy groups -OCH3 is 1. The van der Waals surface area contributed by atoms with Gasteiger partial charge in [-0.25, -0.2) is 9.67 Å². The van der Waals surface area contributed by atoms with Gasteiger partial charge >= 0.3 is 15.2 Å². The second kappa shape index (κ2) is 11.7. The lowest BCUT2D eigenvalue weighted by molar-refractivity contribution is -0.117. The van der Waals surface area contributed by atoms with Gasteiger partial charge in [-0.1, -0.05) is 41.9 Å². The van der Waals surface area contributed by atoms with Crippen molar-refractivity contribution in [2.24, 2.45) is 0 Å². The van der Waals surface area contributed by atoms with Crippen molar-refractivity contribution >= 4 is 43.5 Å². The summed E-state index contributed by atoms with van der Waals surface area (Å²) in [5, 5.41) is 29.5. The molecular weight excluding hydrogens is 538 g/mol. The summed E-state index contributed by atoms with van der Waals surface area (Å²) in [6, 6.07) is 11.1. The van der Waals surface area contributed by atoms with Crippen LogP contribution < -0.4 is 5.32 Å². The fraction of sp³-hybridized carbons (Fsp3) is 0.400. The Kier molecular flexibility index (Phi) is 9.29. The number of rotatable bonds is 12. The van der Waals surface area contributed by atoms with Crippen LogP contribution in [-0.2, 0) is 18.4 Å². The highest BCUT2D eigenvalue weighted by Crippen LogP contribution is 2.55. The van der Waals surface area contributed by atoms with Crippen LogP contribution >= 0.6 is 26.8 Å². The second-order valence-corrected chi connectivity index (χ2v) is 12.4. The third-order valence-electron chi connectivity index (χ3n) is 5.25. The minimum absolute atomic E-state index is 0.0963. The number of halogens is 1. The highest BCUT2D eigenvalue weighted by Gasteiger charge is 2.35. The summed E-state index contributed by atoms with van der Waals surface area (Å²) in [5.74, 6) is -1.40. The Morgan fingerprint density at radius 3 is 2.44 bits per heavy atom. The van der Waals surface area contributed by atoms with Gasteiger partial charge in [0.15, 0.2) is 17.8 Å². The number of nitrogens with zero attached hydrogens (tertiary/aromatic N) is 3. The molecule has 0 aliphatic heterocycles. The zero-order chi connectivity index (χ0) is 26.7. The maximum absolute atomic E-state index is 11.9. The van der Waals surface area contributed by atoms with Crippen molar-refractivity contribution in [3.8, 4) is 0 Å². The van der Waals surface area contributed by atoms with Crippen LogP contribution in [0.25, 0.3) is 11.0 Å². The molecule has 0 saturated carbocycles. The van der Waals surface area contributed by atoms with Gasteiger partial charge in [0.1, 0.15) is 17.4 Å². The largest absolute Gasteiger partial charge is 0.386 e. The highest BCUT2D eigenvalue weighted by atomic mass is 35.5. The van der Waals surface area contributed by atoms with Gasteiger partial charge in [-0.3, -0.25) is 9.13 Å². The molecule has 0 spiro atoms. The van der Waals surface area contributed by atoms with E-state index in [0.717, 1.165) is 17.4 Å². The first-order valence-electron chi connectivity index (χ1n) is 10.6. The maximum Gasteiger partial charge on any atom is 0.340 e. The summed E-state index contributed by atoms with van der Waals surface area (Å²) in [6.45, 7) is 1.20. The number of anilines is 1. The van der Waals surface area contributed by atoms with E-state index in [1.165, 1.54) is 6.20 Å². The first-order chi connectivity index (χ1) is 16.8. The van der Waals surface area contributed by atoms with E-state index in [0.29, 0.717) is 11.1 Å². The van der Waals surface area contributed by atoms with Crippen molar-refractivity contribution in [2.45, 2.75) is 31.4 Å². The topological polar surface area (TPSA) is 196 Å². The molecule has 36 heavy (non-hydrogen) atoms. The van der Waals surface area contributed by atoms with Gasteiger partial charge in [-0.05, 0) is 18.6 Å². The van der Waals surface area contributed by atoms with E-state index >= 15 is 0 Å². The number of nitrogens with one attached hydrogen (secondary N) is 1. The molecule has 0 saturated heterocycles. The predicted molar refractivity (Wildman–Crippen MR) is 132 cm³/mol. The highest BCUT2D eigenvalue weighted by molar-refractivity contribution is 7.70. The molecular formula is C20H27ClN4O9P2. The van der Waals surface area contributed by atoms with Crippen molar-refractivity contribution in [2.75, 3.05) is 24.9 Å². The van der Waals surface area contributed by atoms with Gasteiger partial charge in [0.05, 0.1) is 23.9 Å². The van der Waals surface area contributed by atoms with Crippen LogP contribution in [0.5, 0.6) is 0 Å². The van der Waals surface area contributed by atoms with Gasteiger partial charge < -0.3 is 39.5 Å². The number of hydrogen-bond donors (Lipinski definition) is 6. The maximum atomic E-state index is 11.9. The average Bonchev–Trinajstić information content (AvgIpc) is 3.21. The Morgan fingerprint density at radius 2 is 1.83 bits per heavy atom. The number of fused-ring (bicyclic) bond motifs is 1. The molecule has 0 aliphatic carbocycles. The molecule has 3 rings (SSSR count). The molecule has 3 aromatic rings. The first-order valence-corrected chi connectivity index (χ1v) is 14.5. The summed E-state index contributed by atoms with van der Waals surface area (Å²) < 4.78 is 33.7. The Hall–Kier alpha value is -1.89. The fourth-order valence-corrected chi connectivity index (χ4v) is 6.22. The Labute approximate surface area is 211 Å². The second-order valence-electron chi connectivity index (χ2n) is 8.01. The minimum Gasteiger partial charge on any atom is -0.386 e. The summed E-state index contributed by atoms with van der Waals surface area (Å²) >= 11 is 6.21. The molecule has 1 unspecified atom stereocenters. The molecule has 198 valence electrons. The number of aliphatic hydroxyl groups excluding tert-OH is 2. The van der Waals surface area contributed by atoms with Crippen molar-refractivity contribution in [1.82, 2.24) is 14.8 Å². The summed E-state index contributed by atoms with van der Waals surface area (Å²) in [5.41, 5.74) is 1.74. The Bertz CT molecular complexity index is 1270. The average molecular weight is 565 g/mol. The van der Waals surface area contributed by atoms with Crippen molar-refractivity contribution in [3.05, 3.63) is 53.3 Å². The quantitative estimate of drug-likeness (QED) is 0.139. The number of aliphatic hydroxyl groups is 2. The molecule has 6 N–H and O–H groups in total. The SMILES string of the molecule is CO[C@H](COP(=O)(O)CP(=O)(O)O)[C@@H](O)[C@@H](O)n1ncc2c(N[C@H](C)c3ccccc3)cc(Cl)nc21. The molecule has 5 atom stereocenters. The Balaban J connectivity index is 1.81. The normalized spacial score (nSPS) is 17.3.